The summed E-state index contributed by atoms with van der Waals surface area (Å²) in [5.41, 5.74) is 7.44. The molecule has 1 aromatic carbocycles. The minimum atomic E-state index is 0.702. The van der Waals surface area contributed by atoms with E-state index in [0.717, 1.165) is 36.2 Å². The van der Waals surface area contributed by atoms with E-state index >= 15 is 0 Å². The Hall–Kier alpha value is -2.48. The molecule has 0 saturated heterocycles. The lowest BCUT2D eigenvalue weighted by atomic mass is 9.89. The van der Waals surface area contributed by atoms with E-state index < -0.39 is 0 Å². The zero-order valence-electron chi connectivity index (χ0n) is 18.9. The standard InChI is InChI=1S/C28H36N2/c1-4-7-10-23(8-5-2)24-13-11-22(12-14-24)19-28-20-25(17-18-29-28)26-15-16-27(9-6-3)30-21-26/h11-18,20-21,23H,4-10,19H2,1-3H3. The summed E-state index contributed by atoms with van der Waals surface area (Å²) in [6.07, 6.45) is 13.4. The minimum absolute atomic E-state index is 0.702. The first kappa shape index (κ1) is 22.2. The van der Waals surface area contributed by atoms with Crippen molar-refractivity contribution in [3.63, 3.8) is 0 Å². The number of nitrogens with zero attached hydrogens (tertiary/aromatic N) is 2. The van der Waals surface area contributed by atoms with E-state index in [1.165, 1.54) is 48.8 Å². The van der Waals surface area contributed by atoms with Crippen molar-refractivity contribution < 1.29 is 0 Å². The van der Waals surface area contributed by atoms with Crippen molar-refractivity contribution >= 4 is 0 Å². The monoisotopic (exact) mass is 400 g/mol. The number of benzene rings is 1. The van der Waals surface area contributed by atoms with Crippen molar-refractivity contribution in [2.75, 3.05) is 0 Å². The van der Waals surface area contributed by atoms with Gasteiger partial charge in [-0.05, 0) is 60.1 Å². The first-order valence-electron chi connectivity index (χ1n) is 11.7. The molecule has 2 heteroatoms. The number of hydrogen-bond acceptors (Lipinski definition) is 2. The summed E-state index contributed by atoms with van der Waals surface area (Å²) < 4.78 is 0. The molecule has 3 rings (SSSR count). The molecule has 0 N–H and O–H groups in total. The second-order valence-corrected chi connectivity index (χ2v) is 8.37. The van der Waals surface area contributed by atoms with Gasteiger partial charge in [0.1, 0.15) is 0 Å². The Morgan fingerprint density at radius 3 is 2.23 bits per heavy atom. The number of rotatable bonds is 11. The number of aromatic nitrogens is 2. The number of hydrogen-bond donors (Lipinski definition) is 0. The average Bonchev–Trinajstić information content (AvgIpc) is 2.78. The summed E-state index contributed by atoms with van der Waals surface area (Å²) in [6.45, 7) is 6.76. The normalized spacial score (nSPS) is 12.1. The zero-order chi connectivity index (χ0) is 21.2. The molecule has 3 aromatic rings. The van der Waals surface area contributed by atoms with Crippen LogP contribution in [0.5, 0.6) is 0 Å². The van der Waals surface area contributed by atoms with Gasteiger partial charge in [-0.3, -0.25) is 9.97 Å². The van der Waals surface area contributed by atoms with Crippen LogP contribution in [0.1, 0.15) is 87.7 Å². The minimum Gasteiger partial charge on any atom is -0.261 e. The van der Waals surface area contributed by atoms with Gasteiger partial charge < -0.3 is 0 Å². The average molecular weight is 401 g/mol. The fourth-order valence-corrected chi connectivity index (χ4v) is 4.15. The van der Waals surface area contributed by atoms with Crippen molar-refractivity contribution in [3.8, 4) is 11.1 Å². The number of aryl methyl sites for hydroxylation is 1. The van der Waals surface area contributed by atoms with E-state index in [2.05, 4.69) is 79.3 Å². The van der Waals surface area contributed by atoms with Crippen LogP contribution in [0.4, 0.5) is 0 Å². The van der Waals surface area contributed by atoms with Crippen LogP contribution in [0, 0.1) is 0 Å². The van der Waals surface area contributed by atoms with Crippen LogP contribution >= 0.6 is 0 Å². The quantitative estimate of drug-likeness (QED) is 0.328. The predicted octanol–water partition coefficient (Wildman–Crippen LogP) is 7.76. The fourth-order valence-electron chi connectivity index (χ4n) is 4.15. The molecule has 158 valence electrons. The third kappa shape index (κ3) is 6.26. The Bertz CT molecular complexity index is 881. The smallest absolute Gasteiger partial charge is 0.0453 e. The SMILES string of the molecule is CCCCC(CCC)c1ccc(Cc2cc(-c3ccc(CCC)nc3)ccn2)cc1. The van der Waals surface area contributed by atoms with Gasteiger partial charge in [-0.15, -0.1) is 0 Å². The highest BCUT2D eigenvalue weighted by atomic mass is 14.7. The molecule has 0 aliphatic carbocycles. The van der Waals surface area contributed by atoms with Crippen LogP contribution in [-0.2, 0) is 12.8 Å². The number of unbranched alkanes of at least 4 members (excludes halogenated alkanes) is 1. The first-order chi connectivity index (χ1) is 14.7. The van der Waals surface area contributed by atoms with E-state index in [-0.39, 0.29) is 0 Å². The molecule has 2 nitrogen and oxygen atoms in total. The van der Waals surface area contributed by atoms with Gasteiger partial charge in [-0.25, -0.2) is 0 Å². The second-order valence-electron chi connectivity index (χ2n) is 8.37. The highest BCUT2D eigenvalue weighted by Crippen LogP contribution is 2.28. The maximum absolute atomic E-state index is 4.61. The van der Waals surface area contributed by atoms with E-state index in [1.807, 2.05) is 12.4 Å². The third-order valence-electron chi connectivity index (χ3n) is 5.86. The zero-order valence-corrected chi connectivity index (χ0v) is 18.9. The van der Waals surface area contributed by atoms with Crippen LogP contribution in [-0.4, -0.2) is 9.97 Å². The Kier molecular flexibility index (Phi) is 8.62. The third-order valence-corrected chi connectivity index (χ3v) is 5.86. The number of pyridine rings is 2. The summed E-state index contributed by atoms with van der Waals surface area (Å²) in [6, 6.07) is 17.9. The lowest BCUT2D eigenvalue weighted by molar-refractivity contribution is 0.541. The molecule has 2 heterocycles. The molecule has 0 aliphatic heterocycles. The van der Waals surface area contributed by atoms with Gasteiger partial charge >= 0.3 is 0 Å². The molecule has 30 heavy (non-hydrogen) atoms. The maximum atomic E-state index is 4.61. The van der Waals surface area contributed by atoms with Crippen molar-refractivity contribution in [1.29, 1.82) is 0 Å². The predicted molar refractivity (Wildman–Crippen MR) is 128 cm³/mol. The Balaban J connectivity index is 1.69. The summed E-state index contributed by atoms with van der Waals surface area (Å²) in [7, 11) is 0. The Morgan fingerprint density at radius 2 is 1.57 bits per heavy atom. The Labute approximate surface area is 182 Å². The molecule has 1 unspecified atom stereocenters. The van der Waals surface area contributed by atoms with Gasteiger partial charge in [0.05, 0.1) is 0 Å². The van der Waals surface area contributed by atoms with Crippen molar-refractivity contribution in [1.82, 2.24) is 9.97 Å². The van der Waals surface area contributed by atoms with Gasteiger partial charge in [-0.1, -0.05) is 76.8 Å². The lowest BCUT2D eigenvalue weighted by Crippen LogP contribution is -2.00. The van der Waals surface area contributed by atoms with E-state index in [4.69, 9.17) is 0 Å². The van der Waals surface area contributed by atoms with E-state index in [9.17, 15) is 0 Å². The van der Waals surface area contributed by atoms with Gasteiger partial charge in [0, 0.05) is 35.8 Å². The van der Waals surface area contributed by atoms with Crippen LogP contribution in [0.2, 0.25) is 0 Å². The maximum Gasteiger partial charge on any atom is 0.0453 e. The lowest BCUT2D eigenvalue weighted by Gasteiger charge is -2.17. The van der Waals surface area contributed by atoms with Gasteiger partial charge in [-0.2, -0.15) is 0 Å². The second kappa shape index (κ2) is 11.6. The first-order valence-corrected chi connectivity index (χ1v) is 11.7. The van der Waals surface area contributed by atoms with Crippen molar-refractivity contribution in [3.05, 3.63) is 83.4 Å². The summed E-state index contributed by atoms with van der Waals surface area (Å²) in [5.74, 6) is 0.702. The molecule has 2 aromatic heterocycles. The molecule has 1 atom stereocenters. The van der Waals surface area contributed by atoms with Gasteiger partial charge in [0.2, 0.25) is 0 Å². The van der Waals surface area contributed by atoms with Crippen LogP contribution < -0.4 is 0 Å². The molecule has 0 aliphatic rings. The van der Waals surface area contributed by atoms with Gasteiger partial charge in [0.15, 0.2) is 0 Å². The molecular weight excluding hydrogens is 364 g/mol. The van der Waals surface area contributed by atoms with Crippen molar-refractivity contribution in [2.45, 2.75) is 78.1 Å². The van der Waals surface area contributed by atoms with Crippen LogP contribution in [0.15, 0.2) is 60.9 Å². The topological polar surface area (TPSA) is 25.8 Å². The van der Waals surface area contributed by atoms with Crippen molar-refractivity contribution in [2.24, 2.45) is 0 Å². The molecule has 0 radical (unpaired) electrons. The molecule has 0 amide bonds. The fraction of sp³-hybridized carbons (Fsp3) is 0.429. The van der Waals surface area contributed by atoms with Crippen LogP contribution in [0.3, 0.4) is 0 Å². The van der Waals surface area contributed by atoms with Crippen LogP contribution in [0.25, 0.3) is 11.1 Å². The highest BCUT2D eigenvalue weighted by molar-refractivity contribution is 5.62. The molecule has 0 spiro atoms. The Morgan fingerprint density at radius 1 is 0.733 bits per heavy atom. The molecule has 0 saturated carbocycles. The summed E-state index contributed by atoms with van der Waals surface area (Å²) in [4.78, 5) is 9.21. The molecule has 0 bridgehead atoms. The molecular formula is C28H36N2. The van der Waals surface area contributed by atoms with E-state index in [0.29, 0.717) is 5.92 Å². The van der Waals surface area contributed by atoms with E-state index in [1.54, 1.807) is 0 Å². The van der Waals surface area contributed by atoms with Gasteiger partial charge in [0.25, 0.3) is 0 Å². The summed E-state index contributed by atoms with van der Waals surface area (Å²) in [5, 5.41) is 0. The summed E-state index contributed by atoms with van der Waals surface area (Å²) >= 11 is 0. The largest absolute Gasteiger partial charge is 0.261 e. The highest BCUT2D eigenvalue weighted by Gasteiger charge is 2.10. The molecule has 0 fully saturated rings.